The van der Waals surface area contributed by atoms with Crippen molar-refractivity contribution < 1.29 is 9.50 Å². The summed E-state index contributed by atoms with van der Waals surface area (Å²) >= 11 is 0. The highest BCUT2D eigenvalue weighted by molar-refractivity contribution is 5.62. The number of phenolic OH excluding ortho intramolecular Hbond substituents is 1. The van der Waals surface area contributed by atoms with Crippen LogP contribution in [-0.4, -0.2) is 15.1 Å². The highest BCUT2D eigenvalue weighted by Crippen LogP contribution is 2.28. The first-order valence-electron chi connectivity index (χ1n) is 6.20. The van der Waals surface area contributed by atoms with Gasteiger partial charge in [-0.05, 0) is 36.1 Å². The van der Waals surface area contributed by atoms with Crippen LogP contribution >= 0.6 is 0 Å². The van der Waals surface area contributed by atoms with Crippen LogP contribution in [0.15, 0.2) is 49.8 Å². The van der Waals surface area contributed by atoms with Gasteiger partial charge in [0.15, 0.2) is 17.4 Å². The molecular weight excluding hydrogens is 255 g/mol. The third-order valence-electron chi connectivity index (χ3n) is 2.86. The van der Waals surface area contributed by atoms with Crippen LogP contribution in [0.2, 0.25) is 0 Å². The molecule has 4 heteroatoms. The number of nitrogens with zero attached hydrogens (tertiary/aromatic N) is 2. The van der Waals surface area contributed by atoms with Crippen molar-refractivity contribution in [3.05, 3.63) is 66.8 Å². The third-order valence-corrected chi connectivity index (χ3v) is 2.86. The number of aromatic hydroxyl groups is 1. The minimum Gasteiger partial charge on any atom is -0.505 e. The van der Waals surface area contributed by atoms with Gasteiger partial charge in [0.1, 0.15) is 0 Å². The highest BCUT2D eigenvalue weighted by atomic mass is 19.1. The summed E-state index contributed by atoms with van der Waals surface area (Å²) in [6, 6.07) is 2.63. The van der Waals surface area contributed by atoms with Crippen molar-refractivity contribution in [1.29, 1.82) is 0 Å². The third kappa shape index (κ3) is 2.91. The molecule has 0 aliphatic carbocycles. The minimum absolute atomic E-state index is 0.381. The second-order valence-electron chi connectivity index (χ2n) is 4.36. The maximum atomic E-state index is 13.5. The van der Waals surface area contributed by atoms with Crippen LogP contribution in [0, 0.1) is 5.82 Å². The predicted molar refractivity (Wildman–Crippen MR) is 76.9 cm³/mol. The maximum absolute atomic E-state index is 13.5. The minimum atomic E-state index is -0.688. The van der Waals surface area contributed by atoms with E-state index in [0.29, 0.717) is 24.2 Å². The Hall–Kier alpha value is -2.49. The van der Waals surface area contributed by atoms with Gasteiger partial charge in [-0.15, -0.1) is 13.2 Å². The number of phenols is 1. The Morgan fingerprint density at radius 1 is 1.10 bits per heavy atom. The Labute approximate surface area is 117 Å². The van der Waals surface area contributed by atoms with E-state index in [1.165, 1.54) is 12.1 Å². The Bertz CT molecular complexity index is 636. The molecule has 0 aliphatic rings. The van der Waals surface area contributed by atoms with Crippen molar-refractivity contribution in [2.45, 2.75) is 12.8 Å². The molecule has 0 spiro atoms. The smallest absolute Gasteiger partial charge is 0.165 e. The molecule has 0 radical (unpaired) electrons. The van der Waals surface area contributed by atoms with Gasteiger partial charge in [0.2, 0.25) is 0 Å². The molecule has 20 heavy (non-hydrogen) atoms. The lowest BCUT2D eigenvalue weighted by Gasteiger charge is -2.08. The van der Waals surface area contributed by atoms with Gasteiger partial charge in [-0.1, -0.05) is 12.2 Å². The molecule has 0 fully saturated rings. The number of halogens is 1. The lowest BCUT2D eigenvalue weighted by molar-refractivity contribution is 0.432. The van der Waals surface area contributed by atoms with Gasteiger partial charge in [0.25, 0.3) is 0 Å². The number of rotatable bonds is 5. The molecule has 0 bridgehead atoms. The summed E-state index contributed by atoms with van der Waals surface area (Å²) in [6.07, 6.45) is 8.01. The Morgan fingerprint density at radius 3 is 2.35 bits per heavy atom. The number of hydrogen-bond donors (Lipinski definition) is 1. The van der Waals surface area contributed by atoms with E-state index in [0.717, 1.165) is 11.1 Å². The SMILES string of the molecule is C=CCc1cnc(-c2cc(F)c(O)cc2CC=C)nc1. The van der Waals surface area contributed by atoms with Crippen LogP contribution < -0.4 is 0 Å². The monoisotopic (exact) mass is 270 g/mol. The average Bonchev–Trinajstić information content (AvgIpc) is 2.44. The van der Waals surface area contributed by atoms with Gasteiger partial charge in [0, 0.05) is 18.0 Å². The summed E-state index contributed by atoms with van der Waals surface area (Å²) in [5.74, 6) is -0.644. The molecule has 0 amide bonds. The number of benzene rings is 1. The number of allylic oxidation sites excluding steroid dienone is 2. The molecule has 1 aromatic heterocycles. The molecule has 0 atom stereocenters. The van der Waals surface area contributed by atoms with Gasteiger partial charge >= 0.3 is 0 Å². The molecule has 102 valence electrons. The molecular formula is C16H15FN2O. The lowest BCUT2D eigenvalue weighted by Crippen LogP contribution is -1.97. The molecule has 0 aliphatic heterocycles. The second kappa shape index (κ2) is 6.10. The standard InChI is InChI=1S/C16H15FN2O/c1-3-5-11-9-18-16(19-10-11)13-8-14(17)15(20)7-12(13)6-4-2/h3-4,7-10,20H,1-2,5-6H2. The van der Waals surface area contributed by atoms with E-state index in [1.54, 1.807) is 24.5 Å². The summed E-state index contributed by atoms with van der Waals surface area (Å²) in [5, 5.41) is 9.45. The summed E-state index contributed by atoms with van der Waals surface area (Å²) < 4.78 is 13.5. The largest absolute Gasteiger partial charge is 0.505 e. The van der Waals surface area contributed by atoms with Crippen molar-refractivity contribution >= 4 is 0 Å². The number of aromatic nitrogens is 2. The van der Waals surface area contributed by atoms with Gasteiger partial charge in [-0.2, -0.15) is 0 Å². The molecule has 2 aromatic rings. The van der Waals surface area contributed by atoms with E-state index in [4.69, 9.17) is 0 Å². The quantitative estimate of drug-likeness (QED) is 0.846. The summed E-state index contributed by atoms with van der Waals surface area (Å²) in [4.78, 5) is 8.48. The Kier molecular flexibility index (Phi) is 4.25. The second-order valence-corrected chi connectivity index (χ2v) is 4.36. The molecule has 0 saturated heterocycles. The topological polar surface area (TPSA) is 46.0 Å². The Morgan fingerprint density at radius 2 is 1.75 bits per heavy atom. The molecule has 1 N–H and O–H groups in total. The molecule has 0 saturated carbocycles. The molecule has 0 unspecified atom stereocenters. The zero-order valence-electron chi connectivity index (χ0n) is 11.0. The Balaban J connectivity index is 2.47. The van der Waals surface area contributed by atoms with Crippen LogP contribution in [-0.2, 0) is 12.8 Å². The fourth-order valence-corrected chi connectivity index (χ4v) is 1.90. The van der Waals surface area contributed by atoms with Crippen LogP contribution in [0.5, 0.6) is 5.75 Å². The fraction of sp³-hybridized carbons (Fsp3) is 0.125. The van der Waals surface area contributed by atoms with Crippen LogP contribution in [0.3, 0.4) is 0 Å². The van der Waals surface area contributed by atoms with Crippen LogP contribution in [0.25, 0.3) is 11.4 Å². The highest BCUT2D eigenvalue weighted by Gasteiger charge is 2.12. The first-order chi connectivity index (χ1) is 9.65. The summed E-state index contributed by atoms with van der Waals surface area (Å²) in [7, 11) is 0. The van der Waals surface area contributed by atoms with E-state index in [2.05, 4.69) is 23.1 Å². The van der Waals surface area contributed by atoms with Crippen molar-refractivity contribution in [2.24, 2.45) is 0 Å². The van der Waals surface area contributed by atoms with E-state index in [-0.39, 0.29) is 5.75 Å². The van der Waals surface area contributed by atoms with Crippen molar-refractivity contribution in [3.8, 4) is 17.1 Å². The van der Waals surface area contributed by atoms with Gasteiger partial charge in [-0.25, -0.2) is 14.4 Å². The van der Waals surface area contributed by atoms with Crippen LogP contribution in [0.1, 0.15) is 11.1 Å². The normalized spacial score (nSPS) is 10.2. The van der Waals surface area contributed by atoms with Crippen molar-refractivity contribution in [3.63, 3.8) is 0 Å². The average molecular weight is 270 g/mol. The van der Waals surface area contributed by atoms with E-state index < -0.39 is 5.82 Å². The van der Waals surface area contributed by atoms with Crippen LogP contribution in [0.4, 0.5) is 4.39 Å². The van der Waals surface area contributed by atoms with E-state index >= 15 is 0 Å². The van der Waals surface area contributed by atoms with E-state index in [9.17, 15) is 9.50 Å². The first-order valence-corrected chi connectivity index (χ1v) is 6.20. The zero-order valence-corrected chi connectivity index (χ0v) is 11.0. The summed E-state index contributed by atoms with van der Waals surface area (Å²) in [6.45, 7) is 7.31. The maximum Gasteiger partial charge on any atom is 0.165 e. The molecule has 2 rings (SSSR count). The molecule has 1 heterocycles. The fourth-order valence-electron chi connectivity index (χ4n) is 1.90. The van der Waals surface area contributed by atoms with Gasteiger partial charge in [-0.3, -0.25) is 0 Å². The van der Waals surface area contributed by atoms with Gasteiger partial charge in [0.05, 0.1) is 0 Å². The predicted octanol–water partition coefficient (Wildman–Crippen LogP) is 3.45. The lowest BCUT2D eigenvalue weighted by atomic mass is 10.0. The first kappa shape index (κ1) is 13.9. The van der Waals surface area contributed by atoms with Crippen molar-refractivity contribution in [2.75, 3.05) is 0 Å². The summed E-state index contributed by atoms with van der Waals surface area (Å²) in [5.41, 5.74) is 2.23. The molecule has 3 nitrogen and oxygen atoms in total. The number of hydrogen-bond acceptors (Lipinski definition) is 3. The van der Waals surface area contributed by atoms with Gasteiger partial charge < -0.3 is 5.11 Å². The zero-order chi connectivity index (χ0) is 14.5. The van der Waals surface area contributed by atoms with E-state index in [1.807, 2.05) is 0 Å². The molecule has 1 aromatic carbocycles. The van der Waals surface area contributed by atoms with Crippen molar-refractivity contribution in [1.82, 2.24) is 9.97 Å².